The average molecular weight is 256 g/mol. The third-order valence-electron chi connectivity index (χ3n) is 2.23. The van der Waals surface area contributed by atoms with Gasteiger partial charge in [-0.1, -0.05) is 5.16 Å². The van der Waals surface area contributed by atoms with Gasteiger partial charge < -0.3 is 9.09 Å². The summed E-state index contributed by atoms with van der Waals surface area (Å²) in [7, 11) is -1.99. The number of imidazole rings is 1. The molecule has 0 bridgehead atoms. The molecule has 0 radical (unpaired) electrons. The lowest BCUT2D eigenvalue weighted by molar-refractivity contribution is 0.393. The summed E-state index contributed by atoms with van der Waals surface area (Å²) in [6, 6.07) is 0. The lowest BCUT2D eigenvalue weighted by Crippen LogP contribution is -2.14. The number of hydrogen-bond acceptors (Lipinski definition) is 5. The maximum absolute atomic E-state index is 12.0. The predicted octanol–water partition coefficient (Wildman–Crippen LogP) is 0.826. The molecule has 0 aliphatic rings. The van der Waals surface area contributed by atoms with Crippen LogP contribution >= 0.6 is 0 Å². The highest BCUT2D eigenvalue weighted by molar-refractivity contribution is 7.92. The van der Waals surface area contributed by atoms with Gasteiger partial charge in [0.2, 0.25) is 0 Å². The molecule has 8 heteroatoms. The maximum Gasteiger partial charge on any atom is 0.281 e. The van der Waals surface area contributed by atoms with Crippen molar-refractivity contribution in [2.75, 3.05) is 4.72 Å². The lowest BCUT2D eigenvalue weighted by atomic mass is 10.3. The van der Waals surface area contributed by atoms with Crippen LogP contribution in [0.25, 0.3) is 0 Å². The van der Waals surface area contributed by atoms with Gasteiger partial charge >= 0.3 is 0 Å². The van der Waals surface area contributed by atoms with Crippen LogP contribution in [0.5, 0.6) is 0 Å². The molecule has 17 heavy (non-hydrogen) atoms. The van der Waals surface area contributed by atoms with Crippen LogP contribution in [0.1, 0.15) is 11.5 Å². The van der Waals surface area contributed by atoms with Crippen LogP contribution in [0, 0.1) is 13.8 Å². The first kappa shape index (κ1) is 11.6. The number of aryl methyl sites for hydroxylation is 3. The van der Waals surface area contributed by atoms with E-state index in [1.807, 2.05) is 0 Å². The fourth-order valence-corrected chi connectivity index (χ4v) is 2.50. The Labute approximate surface area is 98.5 Å². The lowest BCUT2D eigenvalue weighted by Gasteiger charge is -2.03. The molecule has 1 N–H and O–H groups in total. The Balaban J connectivity index is 2.36. The quantitative estimate of drug-likeness (QED) is 0.878. The number of nitrogens with one attached hydrogen (secondary N) is 1. The van der Waals surface area contributed by atoms with Crippen molar-refractivity contribution in [3.05, 3.63) is 24.0 Å². The topological polar surface area (TPSA) is 90.0 Å². The highest BCUT2D eigenvalue weighted by Crippen LogP contribution is 2.22. The van der Waals surface area contributed by atoms with E-state index < -0.39 is 10.0 Å². The summed E-state index contributed by atoms with van der Waals surface area (Å²) in [6.45, 7) is 3.29. The molecule has 0 saturated heterocycles. The summed E-state index contributed by atoms with van der Waals surface area (Å²) in [5, 5.41) is 3.63. The van der Waals surface area contributed by atoms with E-state index in [2.05, 4.69) is 14.9 Å². The number of anilines is 1. The van der Waals surface area contributed by atoms with Crippen molar-refractivity contribution >= 4 is 15.7 Å². The molecule has 2 aromatic heterocycles. The van der Waals surface area contributed by atoms with E-state index in [0.717, 1.165) is 0 Å². The fourth-order valence-electron chi connectivity index (χ4n) is 1.34. The van der Waals surface area contributed by atoms with Gasteiger partial charge in [-0.05, 0) is 13.8 Å². The molecule has 0 fully saturated rings. The molecule has 92 valence electrons. The molecule has 2 rings (SSSR count). The van der Waals surface area contributed by atoms with Crippen LogP contribution < -0.4 is 4.72 Å². The van der Waals surface area contributed by atoms with E-state index in [0.29, 0.717) is 17.1 Å². The molecule has 0 aliphatic heterocycles. The number of aromatic nitrogens is 3. The van der Waals surface area contributed by atoms with Crippen molar-refractivity contribution in [2.24, 2.45) is 7.05 Å². The zero-order valence-corrected chi connectivity index (χ0v) is 10.4. The van der Waals surface area contributed by atoms with Crippen molar-refractivity contribution < 1.29 is 12.9 Å². The second-order valence-corrected chi connectivity index (χ2v) is 5.31. The predicted molar refractivity (Wildman–Crippen MR) is 60.0 cm³/mol. The minimum atomic E-state index is -3.69. The third kappa shape index (κ3) is 2.16. The molecule has 2 aromatic rings. The molecule has 0 saturated carbocycles. The van der Waals surface area contributed by atoms with E-state index in [4.69, 9.17) is 4.52 Å². The van der Waals surface area contributed by atoms with Gasteiger partial charge in [0, 0.05) is 13.2 Å². The Morgan fingerprint density at radius 1 is 1.41 bits per heavy atom. The number of sulfonamides is 1. The van der Waals surface area contributed by atoms with Crippen LogP contribution in [0.2, 0.25) is 0 Å². The summed E-state index contributed by atoms with van der Waals surface area (Å²) >= 11 is 0. The fraction of sp³-hybridized carbons (Fsp3) is 0.333. The number of hydrogen-bond donors (Lipinski definition) is 1. The van der Waals surface area contributed by atoms with Crippen LogP contribution in [0.15, 0.2) is 22.1 Å². The minimum absolute atomic E-state index is 0.0417. The van der Waals surface area contributed by atoms with Crippen LogP contribution in [-0.4, -0.2) is 23.1 Å². The van der Waals surface area contributed by atoms with E-state index in [-0.39, 0.29) is 5.03 Å². The zero-order chi connectivity index (χ0) is 12.6. The molecule has 0 aliphatic carbocycles. The third-order valence-corrected chi connectivity index (χ3v) is 3.46. The molecule has 0 amide bonds. The molecule has 2 heterocycles. The summed E-state index contributed by atoms with van der Waals surface area (Å²) in [4.78, 5) is 3.79. The molecular weight excluding hydrogens is 244 g/mol. The second-order valence-electron chi connectivity index (χ2n) is 3.68. The Hall–Kier alpha value is -1.83. The van der Waals surface area contributed by atoms with Crippen molar-refractivity contribution in [2.45, 2.75) is 18.9 Å². The first-order valence-corrected chi connectivity index (χ1v) is 6.32. The molecule has 0 spiro atoms. The monoisotopic (exact) mass is 256 g/mol. The smallest absolute Gasteiger partial charge is 0.281 e. The summed E-state index contributed by atoms with van der Waals surface area (Å²) in [5.41, 5.74) is 0.845. The summed E-state index contributed by atoms with van der Waals surface area (Å²) in [6.07, 6.45) is 2.84. The van der Waals surface area contributed by atoms with Crippen LogP contribution in [0.4, 0.5) is 5.69 Å². The standard InChI is InChI=1S/C9H12N4O3S/c1-6-9(7(2)16-11-6)12-17(14,15)8-4-13(3)5-10-8/h4-5,12H,1-3H3. The Kier molecular flexibility index (Phi) is 2.66. The van der Waals surface area contributed by atoms with Crippen LogP contribution in [0.3, 0.4) is 0 Å². The highest BCUT2D eigenvalue weighted by Gasteiger charge is 2.21. The summed E-state index contributed by atoms with van der Waals surface area (Å²) < 4.78 is 32.8. The van der Waals surface area contributed by atoms with Crippen molar-refractivity contribution in [1.82, 2.24) is 14.7 Å². The Morgan fingerprint density at radius 2 is 2.12 bits per heavy atom. The van der Waals surface area contributed by atoms with E-state index in [1.54, 1.807) is 25.5 Å². The van der Waals surface area contributed by atoms with Gasteiger partial charge in [-0.15, -0.1) is 0 Å². The van der Waals surface area contributed by atoms with Gasteiger partial charge in [0.25, 0.3) is 10.0 Å². The SMILES string of the molecule is Cc1noc(C)c1NS(=O)(=O)c1cn(C)cn1. The van der Waals surface area contributed by atoms with Crippen LogP contribution in [-0.2, 0) is 17.1 Å². The minimum Gasteiger partial charge on any atom is -0.359 e. The van der Waals surface area contributed by atoms with Crippen molar-refractivity contribution in [3.63, 3.8) is 0 Å². The number of nitrogens with zero attached hydrogens (tertiary/aromatic N) is 3. The van der Waals surface area contributed by atoms with Gasteiger partial charge in [0.1, 0.15) is 11.4 Å². The van der Waals surface area contributed by atoms with Gasteiger partial charge in [-0.25, -0.2) is 4.98 Å². The highest BCUT2D eigenvalue weighted by atomic mass is 32.2. The molecule has 0 unspecified atom stereocenters. The van der Waals surface area contributed by atoms with Crippen molar-refractivity contribution in [1.29, 1.82) is 0 Å². The normalized spacial score (nSPS) is 11.7. The van der Waals surface area contributed by atoms with Gasteiger partial charge in [0.05, 0.1) is 6.33 Å². The first-order valence-electron chi connectivity index (χ1n) is 4.84. The van der Waals surface area contributed by atoms with Gasteiger partial charge in [0.15, 0.2) is 10.8 Å². The Bertz CT molecular complexity index is 622. The molecule has 7 nitrogen and oxygen atoms in total. The first-order chi connectivity index (χ1) is 7.90. The van der Waals surface area contributed by atoms with Gasteiger partial charge in [-0.3, -0.25) is 4.72 Å². The van der Waals surface area contributed by atoms with E-state index >= 15 is 0 Å². The summed E-state index contributed by atoms with van der Waals surface area (Å²) in [5.74, 6) is 0.419. The van der Waals surface area contributed by atoms with Crippen molar-refractivity contribution in [3.8, 4) is 0 Å². The molecular formula is C9H12N4O3S. The zero-order valence-electron chi connectivity index (χ0n) is 9.63. The maximum atomic E-state index is 12.0. The average Bonchev–Trinajstić information content (AvgIpc) is 2.80. The van der Waals surface area contributed by atoms with E-state index in [1.165, 1.54) is 12.5 Å². The largest absolute Gasteiger partial charge is 0.359 e. The Morgan fingerprint density at radius 3 is 2.59 bits per heavy atom. The number of rotatable bonds is 3. The van der Waals surface area contributed by atoms with E-state index in [9.17, 15) is 8.42 Å². The molecule has 0 atom stereocenters. The van der Waals surface area contributed by atoms with Gasteiger partial charge in [-0.2, -0.15) is 8.42 Å². The second kappa shape index (κ2) is 3.88. The molecule has 0 aromatic carbocycles.